The third-order valence-electron chi connectivity index (χ3n) is 3.53. The fourth-order valence-electron chi connectivity index (χ4n) is 2.95. The van der Waals surface area contributed by atoms with Gasteiger partial charge < -0.3 is 4.74 Å². The van der Waals surface area contributed by atoms with Crippen molar-refractivity contribution in [1.82, 2.24) is 0 Å². The molecule has 2 aliphatic rings. The van der Waals surface area contributed by atoms with Gasteiger partial charge >= 0.3 is 0 Å². The van der Waals surface area contributed by atoms with Gasteiger partial charge in [0.05, 0.1) is 11.7 Å². The maximum Gasteiger partial charge on any atom is 0.155 e. The summed E-state index contributed by atoms with van der Waals surface area (Å²) in [6.07, 6.45) is 4.90. The lowest BCUT2D eigenvalue weighted by atomic mass is 9.88. The van der Waals surface area contributed by atoms with Crippen molar-refractivity contribution in [2.75, 3.05) is 0 Å². The van der Waals surface area contributed by atoms with Gasteiger partial charge in [0.2, 0.25) is 0 Å². The Balaban J connectivity index is 2.16. The Bertz CT molecular complexity index is 322. The molecule has 0 aromatic rings. The highest BCUT2D eigenvalue weighted by atomic mass is 16.5. The molecule has 0 bridgehead atoms. The van der Waals surface area contributed by atoms with Gasteiger partial charge in [-0.2, -0.15) is 0 Å². The van der Waals surface area contributed by atoms with Crippen LogP contribution < -0.4 is 0 Å². The third-order valence-corrected chi connectivity index (χ3v) is 3.53. The Morgan fingerprint density at radius 3 is 2.69 bits per heavy atom. The zero-order valence-corrected chi connectivity index (χ0v) is 10.7. The molecule has 2 heteroatoms. The Morgan fingerprint density at radius 1 is 1.38 bits per heavy atom. The predicted octanol–water partition coefficient (Wildman–Crippen LogP) is 3.12. The summed E-state index contributed by atoms with van der Waals surface area (Å²) in [4.78, 5) is 11.4. The van der Waals surface area contributed by atoms with Crippen molar-refractivity contribution in [3.63, 3.8) is 0 Å². The smallest absolute Gasteiger partial charge is 0.155 e. The molecule has 0 aromatic heterocycles. The first kappa shape index (κ1) is 11.8. The number of ketones is 1. The van der Waals surface area contributed by atoms with Gasteiger partial charge in [-0.15, -0.1) is 0 Å². The molecule has 90 valence electrons. The summed E-state index contributed by atoms with van der Waals surface area (Å²) in [5.41, 5.74) is 1.24. The zero-order chi connectivity index (χ0) is 11.9. The quantitative estimate of drug-likeness (QED) is 0.681. The topological polar surface area (TPSA) is 26.3 Å². The molecule has 0 aliphatic heterocycles. The van der Waals surface area contributed by atoms with Crippen LogP contribution in [0.1, 0.15) is 47.0 Å². The monoisotopic (exact) mass is 222 g/mol. The second-order valence-electron chi connectivity index (χ2n) is 6.21. The summed E-state index contributed by atoms with van der Waals surface area (Å²) in [5.74, 6) is 1.34. The molecule has 2 nitrogen and oxygen atoms in total. The van der Waals surface area contributed by atoms with E-state index in [0.717, 1.165) is 12.8 Å². The van der Waals surface area contributed by atoms with E-state index in [1.165, 1.54) is 5.57 Å². The molecule has 3 atom stereocenters. The normalized spacial score (nSPS) is 34.9. The van der Waals surface area contributed by atoms with Crippen molar-refractivity contribution in [1.29, 1.82) is 0 Å². The Morgan fingerprint density at radius 2 is 2.06 bits per heavy atom. The van der Waals surface area contributed by atoms with Crippen LogP contribution in [-0.4, -0.2) is 17.5 Å². The average molecular weight is 222 g/mol. The number of ether oxygens (including phenoxy) is 1. The molecule has 0 amide bonds. The fraction of sp³-hybridized carbons (Fsp3) is 0.786. The number of rotatable bonds is 1. The van der Waals surface area contributed by atoms with Gasteiger partial charge in [0.15, 0.2) is 5.78 Å². The molecule has 0 radical (unpaired) electrons. The number of hydrogen-bond donors (Lipinski definition) is 0. The summed E-state index contributed by atoms with van der Waals surface area (Å²) < 4.78 is 6.16. The number of fused-ring (bicyclic) bond motifs is 1. The minimum atomic E-state index is -0.0875. The molecule has 16 heavy (non-hydrogen) atoms. The lowest BCUT2D eigenvalue weighted by Gasteiger charge is -2.32. The van der Waals surface area contributed by atoms with Crippen LogP contribution in [0.3, 0.4) is 0 Å². The lowest BCUT2D eigenvalue weighted by molar-refractivity contribution is -0.116. The van der Waals surface area contributed by atoms with E-state index in [2.05, 4.69) is 27.7 Å². The van der Waals surface area contributed by atoms with Gasteiger partial charge in [0.25, 0.3) is 0 Å². The lowest BCUT2D eigenvalue weighted by Crippen LogP contribution is -2.34. The summed E-state index contributed by atoms with van der Waals surface area (Å²) in [5, 5.41) is 0. The van der Waals surface area contributed by atoms with Gasteiger partial charge in [-0.1, -0.05) is 12.5 Å². The first-order chi connectivity index (χ1) is 7.37. The maximum atomic E-state index is 11.4. The average Bonchev–Trinajstić information content (AvgIpc) is 2.40. The summed E-state index contributed by atoms with van der Waals surface area (Å²) in [7, 11) is 0. The van der Waals surface area contributed by atoms with E-state index in [1.54, 1.807) is 0 Å². The van der Waals surface area contributed by atoms with E-state index in [1.807, 2.05) is 6.08 Å². The molecule has 0 N–H and O–H groups in total. The van der Waals surface area contributed by atoms with Crippen LogP contribution in [0.2, 0.25) is 0 Å². The van der Waals surface area contributed by atoms with Crippen LogP contribution in [0.4, 0.5) is 0 Å². The number of carbonyl (C=O) groups is 1. The van der Waals surface area contributed by atoms with Crippen molar-refractivity contribution in [2.45, 2.75) is 58.7 Å². The molecule has 2 aliphatic carbocycles. The molecule has 0 saturated heterocycles. The second kappa shape index (κ2) is 3.99. The minimum absolute atomic E-state index is 0.0875. The number of allylic oxidation sites excluding steroid dienone is 1. The number of carbonyl (C=O) groups excluding carboxylic acids is 1. The van der Waals surface area contributed by atoms with Gasteiger partial charge in [-0.05, 0) is 45.6 Å². The molecule has 0 spiro atoms. The molecule has 2 rings (SSSR count). The van der Waals surface area contributed by atoms with E-state index < -0.39 is 0 Å². The molecular weight excluding hydrogens is 200 g/mol. The van der Waals surface area contributed by atoms with Gasteiger partial charge in [-0.25, -0.2) is 0 Å². The van der Waals surface area contributed by atoms with E-state index in [9.17, 15) is 4.79 Å². The van der Waals surface area contributed by atoms with Crippen molar-refractivity contribution < 1.29 is 9.53 Å². The van der Waals surface area contributed by atoms with Crippen LogP contribution in [0, 0.1) is 11.8 Å². The van der Waals surface area contributed by atoms with Crippen molar-refractivity contribution in [2.24, 2.45) is 11.8 Å². The van der Waals surface area contributed by atoms with E-state index in [4.69, 9.17) is 4.74 Å². The highest BCUT2D eigenvalue weighted by Gasteiger charge is 2.41. The highest BCUT2D eigenvalue weighted by molar-refractivity contribution is 5.91. The SMILES string of the molecule is CC1CC2=CC(=O)CCC2[C@@H]1OC(C)(C)C. The van der Waals surface area contributed by atoms with Crippen LogP contribution in [-0.2, 0) is 9.53 Å². The minimum Gasteiger partial charge on any atom is -0.372 e. The van der Waals surface area contributed by atoms with Crippen molar-refractivity contribution >= 4 is 5.78 Å². The second-order valence-corrected chi connectivity index (χ2v) is 6.21. The summed E-state index contributed by atoms with van der Waals surface area (Å²) >= 11 is 0. The first-order valence-corrected chi connectivity index (χ1v) is 6.28. The number of hydrogen-bond acceptors (Lipinski definition) is 2. The van der Waals surface area contributed by atoms with Gasteiger partial charge in [-0.3, -0.25) is 4.79 Å². The van der Waals surface area contributed by atoms with Gasteiger partial charge in [0, 0.05) is 12.3 Å². The van der Waals surface area contributed by atoms with Crippen LogP contribution in [0.5, 0.6) is 0 Å². The van der Waals surface area contributed by atoms with Crippen LogP contribution in [0.25, 0.3) is 0 Å². The standard InChI is InChI=1S/C14H22O2/c1-9-7-10-8-11(15)5-6-12(10)13(9)16-14(2,3)4/h8-9,12-13H,5-7H2,1-4H3/t9?,12?,13-/m1/s1. The molecule has 2 unspecified atom stereocenters. The Kier molecular flexibility index (Phi) is 2.95. The molecular formula is C14H22O2. The molecule has 0 aromatic carbocycles. The van der Waals surface area contributed by atoms with E-state index >= 15 is 0 Å². The fourth-order valence-corrected chi connectivity index (χ4v) is 2.95. The van der Waals surface area contributed by atoms with Gasteiger partial charge in [0.1, 0.15) is 0 Å². The Hall–Kier alpha value is -0.630. The first-order valence-electron chi connectivity index (χ1n) is 6.28. The zero-order valence-electron chi connectivity index (χ0n) is 10.7. The van der Waals surface area contributed by atoms with Crippen molar-refractivity contribution in [3.05, 3.63) is 11.6 Å². The van der Waals surface area contributed by atoms with Crippen LogP contribution >= 0.6 is 0 Å². The maximum absolute atomic E-state index is 11.4. The van der Waals surface area contributed by atoms with E-state index in [-0.39, 0.29) is 5.60 Å². The molecule has 0 heterocycles. The summed E-state index contributed by atoms with van der Waals surface area (Å²) in [6, 6.07) is 0. The van der Waals surface area contributed by atoms with Crippen LogP contribution in [0.15, 0.2) is 11.6 Å². The van der Waals surface area contributed by atoms with Crippen molar-refractivity contribution in [3.8, 4) is 0 Å². The van der Waals surface area contributed by atoms with E-state index in [0.29, 0.717) is 30.1 Å². The predicted molar refractivity (Wildman–Crippen MR) is 64.2 cm³/mol. The molecule has 1 saturated carbocycles. The largest absolute Gasteiger partial charge is 0.372 e. The summed E-state index contributed by atoms with van der Waals surface area (Å²) in [6.45, 7) is 8.56. The third kappa shape index (κ3) is 2.37. The highest BCUT2D eigenvalue weighted by Crippen LogP contribution is 2.44. The Labute approximate surface area is 98.1 Å². The molecule has 1 fully saturated rings.